The third-order valence-corrected chi connectivity index (χ3v) is 5.42. The van der Waals surface area contributed by atoms with Gasteiger partial charge >= 0.3 is 0 Å². The lowest BCUT2D eigenvalue weighted by molar-refractivity contribution is -0.117. The van der Waals surface area contributed by atoms with Crippen LogP contribution in [0.3, 0.4) is 0 Å². The van der Waals surface area contributed by atoms with E-state index in [-0.39, 0.29) is 18.3 Å². The average Bonchev–Trinajstić information content (AvgIpc) is 2.73. The molecule has 0 saturated heterocycles. The maximum atomic E-state index is 13.4. The van der Waals surface area contributed by atoms with Crippen LogP contribution in [0.1, 0.15) is 44.2 Å². The number of hydrogen-bond donors (Lipinski definition) is 1. The van der Waals surface area contributed by atoms with Crippen LogP contribution >= 0.6 is 0 Å². The van der Waals surface area contributed by atoms with E-state index in [4.69, 9.17) is 4.74 Å². The molecule has 1 aromatic heterocycles. The largest absolute Gasteiger partial charge is 0.487 e. The van der Waals surface area contributed by atoms with Gasteiger partial charge in [0.15, 0.2) is 0 Å². The Morgan fingerprint density at radius 1 is 1.07 bits per heavy atom. The zero-order valence-electron chi connectivity index (χ0n) is 16.4. The standard InChI is InChI=1S/C24H25FN2O2/c25-19-11-9-18-10-12-21(26-23(18)14-19)16-29-22-8-4-7-20(15-22)27-24(28)13-17-5-2-1-3-6-17/h4,7-12,14-15,17H,1-3,5-6,13,16H2,(H,27,28). The highest BCUT2D eigenvalue weighted by Crippen LogP contribution is 2.27. The molecule has 1 fully saturated rings. The molecule has 0 spiro atoms. The summed E-state index contributed by atoms with van der Waals surface area (Å²) in [7, 11) is 0. The number of anilines is 1. The molecule has 1 saturated carbocycles. The Balaban J connectivity index is 1.35. The lowest BCUT2D eigenvalue weighted by Gasteiger charge is -2.20. The average molecular weight is 392 g/mol. The molecule has 0 atom stereocenters. The van der Waals surface area contributed by atoms with Crippen LogP contribution in [-0.4, -0.2) is 10.9 Å². The second-order valence-electron chi connectivity index (χ2n) is 7.71. The van der Waals surface area contributed by atoms with Crippen molar-refractivity contribution in [1.82, 2.24) is 4.98 Å². The molecule has 0 unspecified atom stereocenters. The number of ether oxygens (including phenoxy) is 1. The fourth-order valence-electron chi connectivity index (χ4n) is 3.90. The molecule has 1 aliphatic rings. The SMILES string of the molecule is O=C(CC1CCCCC1)Nc1cccc(OCc2ccc3ccc(F)cc3n2)c1. The minimum absolute atomic E-state index is 0.0623. The number of nitrogens with zero attached hydrogens (tertiary/aromatic N) is 1. The van der Waals surface area contributed by atoms with Crippen molar-refractivity contribution in [3.8, 4) is 5.75 Å². The molecule has 0 aliphatic heterocycles. The van der Waals surface area contributed by atoms with Crippen molar-refractivity contribution in [2.45, 2.75) is 45.1 Å². The second-order valence-corrected chi connectivity index (χ2v) is 7.71. The minimum Gasteiger partial charge on any atom is -0.487 e. The zero-order valence-corrected chi connectivity index (χ0v) is 16.4. The van der Waals surface area contributed by atoms with Crippen LogP contribution < -0.4 is 10.1 Å². The quantitative estimate of drug-likeness (QED) is 0.571. The van der Waals surface area contributed by atoms with Crippen molar-refractivity contribution in [3.05, 3.63) is 66.1 Å². The van der Waals surface area contributed by atoms with Gasteiger partial charge < -0.3 is 10.1 Å². The summed E-state index contributed by atoms with van der Waals surface area (Å²) in [6.45, 7) is 0.270. The number of amides is 1. The van der Waals surface area contributed by atoms with Crippen LogP contribution in [-0.2, 0) is 11.4 Å². The van der Waals surface area contributed by atoms with Crippen LogP contribution in [0.4, 0.5) is 10.1 Å². The van der Waals surface area contributed by atoms with Gasteiger partial charge in [-0.05, 0) is 49.1 Å². The fourth-order valence-corrected chi connectivity index (χ4v) is 3.90. The second kappa shape index (κ2) is 9.03. The van der Waals surface area contributed by atoms with Gasteiger partial charge in [-0.2, -0.15) is 0 Å². The first-order valence-electron chi connectivity index (χ1n) is 10.2. The molecule has 0 bridgehead atoms. The number of halogens is 1. The van der Waals surface area contributed by atoms with Crippen molar-refractivity contribution in [2.24, 2.45) is 5.92 Å². The number of nitrogens with one attached hydrogen (secondary N) is 1. The highest BCUT2D eigenvalue weighted by molar-refractivity contribution is 5.91. The Labute approximate surface area is 170 Å². The monoisotopic (exact) mass is 392 g/mol. The topological polar surface area (TPSA) is 51.2 Å². The van der Waals surface area contributed by atoms with E-state index in [0.717, 1.165) is 29.6 Å². The first-order valence-corrected chi connectivity index (χ1v) is 10.2. The zero-order chi connectivity index (χ0) is 20.1. The predicted molar refractivity (Wildman–Crippen MR) is 112 cm³/mol. The minimum atomic E-state index is -0.306. The molecule has 3 aromatic rings. The summed E-state index contributed by atoms with van der Waals surface area (Å²) in [4.78, 5) is 16.8. The molecule has 1 amide bonds. The number of fused-ring (bicyclic) bond motifs is 1. The molecule has 5 heteroatoms. The summed E-state index contributed by atoms with van der Waals surface area (Å²) in [5.74, 6) is 0.917. The summed E-state index contributed by atoms with van der Waals surface area (Å²) in [5.41, 5.74) is 2.06. The van der Waals surface area contributed by atoms with Crippen LogP contribution in [0.25, 0.3) is 10.9 Å². The number of carbonyl (C=O) groups is 1. The highest BCUT2D eigenvalue weighted by Gasteiger charge is 2.17. The Morgan fingerprint density at radius 3 is 2.76 bits per heavy atom. The van der Waals surface area contributed by atoms with E-state index in [1.165, 1.54) is 31.4 Å². The molecular formula is C24H25FN2O2. The highest BCUT2D eigenvalue weighted by atomic mass is 19.1. The third-order valence-electron chi connectivity index (χ3n) is 5.42. The van der Waals surface area contributed by atoms with Crippen molar-refractivity contribution in [2.75, 3.05) is 5.32 Å². The molecule has 29 heavy (non-hydrogen) atoms. The maximum Gasteiger partial charge on any atom is 0.224 e. The molecule has 4 nitrogen and oxygen atoms in total. The molecule has 2 aromatic carbocycles. The first kappa shape index (κ1) is 19.4. The summed E-state index contributed by atoms with van der Waals surface area (Å²) < 4.78 is 19.2. The smallest absolute Gasteiger partial charge is 0.224 e. The number of carbonyl (C=O) groups excluding carboxylic acids is 1. The predicted octanol–water partition coefficient (Wildman–Crippen LogP) is 5.86. The van der Waals surface area contributed by atoms with Gasteiger partial charge in [0, 0.05) is 29.6 Å². The number of aromatic nitrogens is 1. The van der Waals surface area contributed by atoms with Crippen LogP contribution in [0.15, 0.2) is 54.6 Å². The van der Waals surface area contributed by atoms with Crippen LogP contribution in [0, 0.1) is 11.7 Å². The fraction of sp³-hybridized carbons (Fsp3) is 0.333. The summed E-state index contributed by atoms with van der Waals surface area (Å²) >= 11 is 0. The van der Waals surface area contributed by atoms with E-state index in [0.29, 0.717) is 23.6 Å². The van der Waals surface area contributed by atoms with Crippen LogP contribution in [0.2, 0.25) is 0 Å². The van der Waals surface area contributed by atoms with E-state index < -0.39 is 0 Å². The van der Waals surface area contributed by atoms with Crippen molar-refractivity contribution < 1.29 is 13.9 Å². The molecule has 0 radical (unpaired) electrons. The normalized spacial score (nSPS) is 14.7. The van der Waals surface area contributed by atoms with Crippen molar-refractivity contribution >= 4 is 22.5 Å². The Kier molecular flexibility index (Phi) is 6.03. The molecular weight excluding hydrogens is 367 g/mol. The lowest BCUT2D eigenvalue weighted by Crippen LogP contribution is -2.18. The number of pyridine rings is 1. The first-order chi connectivity index (χ1) is 14.2. The summed E-state index contributed by atoms with van der Waals surface area (Å²) in [6.07, 6.45) is 6.65. The maximum absolute atomic E-state index is 13.4. The van der Waals surface area contributed by atoms with Gasteiger partial charge in [-0.25, -0.2) is 9.37 Å². The Bertz CT molecular complexity index is 999. The Morgan fingerprint density at radius 2 is 1.90 bits per heavy atom. The molecule has 1 aliphatic carbocycles. The molecule has 1 heterocycles. The summed E-state index contributed by atoms with van der Waals surface area (Å²) in [5, 5.41) is 3.87. The molecule has 4 rings (SSSR count). The van der Waals surface area contributed by atoms with E-state index in [1.54, 1.807) is 6.07 Å². The number of rotatable bonds is 6. The van der Waals surface area contributed by atoms with Gasteiger partial charge in [-0.1, -0.05) is 31.4 Å². The van der Waals surface area contributed by atoms with Gasteiger partial charge in [-0.15, -0.1) is 0 Å². The van der Waals surface area contributed by atoms with E-state index in [9.17, 15) is 9.18 Å². The Hall–Kier alpha value is -2.95. The molecule has 150 valence electrons. The van der Waals surface area contributed by atoms with Gasteiger partial charge in [0.25, 0.3) is 0 Å². The number of benzene rings is 2. The summed E-state index contributed by atoms with van der Waals surface area (Å²) in [6, 6.07) is 15.7. The van der Waals surface area contributed by atoms with Gasteiger partial charge in [-0.3, -0.25) is 4.79 Å². The van der Waals surface area contributed by atoms with Crippen molar-refractivity contribution in [3.63, 3.8) is 0 Å². The van der Waals surface area contributed by atoms with E-state index in [2.05, 4.69) is 10.3 Å². The number of hydrogen-bond acceptors (Lipinski definition) is 3. The van der Waals surface area contributed by atoms with Crippen LogP contribution in [0.5, 0.6) is 5.75 Å². The van der Waals surface area contributed by atoms with Gasteiger partial charge in [0.2, 0.25) is 5.91 Å². The van der Waals surface area contributed by atoms with Crippen molar-refractivity contribution in [1.29, 1.82) is 0 Å². The van der Waals surface area contributed by atoms with Gasteiger partial charge in [0.05, 0.1) is 11.2 Å². The van der Waals surface area contributed by atoms with Gasteiger partial charge in [0.1, 0.15) is 18.2 Å². The lowest BCUT2D eigenvalue weighted by atomic mass is 9.87. The van der Waals surface area contributed by atoms with E-state index >= 15 is 0 Å². The van der Waals surface area contributed by atoms with E-state index in [1.807, 2.05) is 36.4 Å². The molecule has 1 N–H and O–H groups in total. The third kappa shape index (κ3) is 5.31.